The number of carbonyl (C=O) groups excluding carboxylic acids is 2. The Hall–Kier alpha value is -2.97. The number of hydrogen-bond acceptors (Lipinski definition) is 6. The van der Waals surface area contributed by atoms with Crippen LogP contribution < -0.4 is 16.0 Å². The van der Waals surface area contributed by atoms with Gasteiger partial charge in [0.2, 0.25) is 5.91 Å². The highest BCUT2D eigenvalue weighted by Gasteiger charge is 2.05. The SMILES string of the molecule is CNC(=O)NC(=O)CNc1ccc(-n2cnnn2)cc1. The zero-order valence-electron chi connectivity index (χ0n) is 10.7. The smallest absolute Gasteiger partial charge is 0.321 e. The van der Waals surface area contributed by atoms with Crippen molar-refractivity contribution in [3.8, 4) is 5.69 Å². The second-order valence-corrected chi connectivity index (χ2v) is 3.78. The Labute approximate surface area is 114 Å². The van der Waals surface area contributed by atoms with Crippen LogP contribution in [-0.2, 0) is 4.79 Å². The van der Waals surface area contributed by atoms with Crippen LogP contribution in [0.2, 0.25) is 0 Å². The van der Waals surface area contributed by atoms with Gasteiger partial charge in [0.25, 0.3) is 0 Å². The monoisotopic (exact) mass is 275 g/mol. The molecule has 9 heteroatoms. The molecule has 0 aliphatic heterocycles. The molecule has 1 aromatic carbocycles. The second-order valence-electron chi connectivity index (χ2n) is 3.78. The first-order valence-electron chi connectivity index (χ1n) is 5.78. The summed E-state index contributed by atoms with van der Waals surface area (Å²) in [6.45, 7) is -0.00233. The molecule has 0 saturated heterocycles. The molecular weight excluding hydrogens is 262 g/mol. The van der Waals surface area contributed by atoms with Crippen molar-refractivity contribution in [2.24, 2.45) is 0 Å². The number of aromatic nitrogens is 4. The highest BCUT2D eigenvalue weighted by atomic mass is 16.2. The summed E-state index contributed by atoms with van der Waals surface area (Å²) >= 11 is 0. The molecule has 0 unspecified atom stereocenters. The van der Waals surface area contributed by atoms with E-state index < -0.39 is 11.9 Å². The number of rotatable bonds is 4. The van der Waals surface area contributed by atoms with E-state index in [1.165, 1.54) is 18.1 Å². The van der Waals surface area contributed by atoms with Gasteiger partial charge in [-0.1, -0.05) is 0 Å². The van der Waals surface area contributed by atoms with Gasteiger partial charge in [0.1, 0.15) is 6.33 Å². The van der Waals surface area contributed by atoms with E-state index in [-0.39, 0.29) is 6.54 Å². The second kappa shape index (κ2) is 6.27. The predicted molar refractivity (Wildman–Crippen MR) is 70.2 cm³/mol. The van der Waals surface area contributed by atoms with Crippen LogP contribution in [0.25, 0.3) is 5.69 Å². The molecule has 2 rings (SSSR count). The lowest BCUT2D eigenvalue weighted by molar-refractivity contribution is -0.118. The van der Waals surface area contributed by atoms with Crippen LogP contribution in [0.4, 0.5) is 10.5 Å². The van der Waals surface area contributed by atoms with E-state index in [1.54, 1.807) is 24.3 Å². The van der Waals surface area contributed by atoms with Crippen molar-refractivity contribution >= 4 is 17.6 Å². The van der Waals surface area contributed by atoms with Crippen molar-refractivity contribution in [3.05, 3.63) is 30.6 Å². The quantitative estimate of drug-likeness (QED) is 0.695. The zero-order valence-corrected chi connectivity index (χ0v) is 10.7. The molecule has 3 N–H and O–H groups in total. The zero-order chi connectivity index (χ0) is 14.4. The van der Waals surface area contributed by atoms with E-state index in [2.05, 4.69) is 31.5 Å². The van der Waals surface area contributed by atoms with E-state index in [0.717, 1.165) is 11.4 Å². The van der Waals surface area contributed by atoms with Crippen LogP contribution in [0.5, 0.6) is 0 Å². The maximum atomic E-state index is 11.4. The third kappa shape index (κ3) is 3.51. The van der Waals surface area contributed by atoms with Crippen molar-refractivity contribution in [1.29, 1.82) is 0 Å². The molecular formula is C11H13N7O2. The van der Waals surface area contributed by atoms with Crippen molar-refractivity contribution in [3.63, 3.8) is 0 Å². The molecule has 0 saturated carbocycles. The molecule has 0 aliphatic rings. The third-order valence-corrected chi connectivity index (χ3v) is 2.41. The maximum Gasteiger partial charge on any atom is 0.321 e. The number of nitrogens with zero attached hydrogens (tertiary/aromatic N) is 4. The number of amides is 3. The molecule has 0 fully saturated rings. The van der Waals surface area contributed by atoms with Crippen LogP contribution in [0.3, 0.4) is 0 Å². The molecule has 0 radical (unpaired) electrons. The first-order chi connectivity index (χ1) is 9.69. The van der Waals surface area contributed by atoms with Crippen molar-refractivity contribution in [1.82, 2.24) is 30.8 Å². The molecule has 3 amide bonds. The third-order valence-electron chi connectivity index (χ3n) is 2.41. The van der Waals surface area contributed by atoms with Crippen molar-refractivity contribution < 1.29 is 9.59 Å². The molecule has 2 aromatic rings. The van der Waals surface area contributed by atoms with E-state index >= 15 is 0 Å². The lowest BCUT2D eigenvalue weighted by Crippen LogP contribution is -2.40. The summed E-state index contributed by atoms with van der Waals surface area (Å²) in [4.78, 5) is 22.3. The lowest BCUT2D eigenvalue weighted by Gasteiger charge is -2.07. The van der Waals surface area contributed by atoms with Gasteiger partial charge in [-0.05, 0) is 34.7 Å². The Morgan fingerprint density at radius 3 is 2.60 bits per heavy atom. The summed E-state index contributed by atoms with van der Waals surface area (Å²) < 4.78 is 1.52. The normalized spacial score (nSPS) is 9.85. The van der Waals surface area contributed by atoms with Crippen LogP contribution in [0.1, 0.15) is 0 Å². The number of urea groups is 1. The largest absolute Gasteiger partial charge is 0.376 e. The van der Waals surface area contributed by atoms with Crippen LogP contribution >= 0.6 is 0 Å². The van der Waals surface area contributed by atoms with Crippen molar-refractivity contribution in [2.45, 2.75) is 0 Å². The molecule has 20 heavy (non-hydrogen) atoms. The summed E-state index contributed by atoms with van der Waals surface area (Å²) in [6.07, 6.45) is 1.49. The van der Waals surface area contributed by atoms with E-state index in [9.17, 15) is 9.59 Å². The highest BCUT2D eigenvalue weighted by Crippen LogP contribution is 2.11. The van der Waals surface area contributed by atoms with Gasteiger partial charge in [0, 0.05) is 12.7 Å². The van der Waals surface area contributed by atoms with Gasteiger partial charge >= 0.3 is 6.03 Å². The van der Waals surface area contributed by atoms with Gasteiger partial charge in [-0.25, -0.2) is 9.48 Å². The molecule has 1 heterocycles. The Morgan fingerprint density at radius 1 is 1.25 bits per heavy atom. The fourth-order valence-corrected chi connectivity index (χ4v) is 1.43. The van der Waals surface area contributed by atoms with Crippen molar-refractivity contribution in [2.75, 3.05) is 18.9 Å². The predicted octanol–water partition coefficient (Wildman–Crippen LogP) is -0.470. The number of nitrogens with one attached hydrogen (secondary N) is 3. The van der Waals surface area contributed by atoms with E-state index in [0.29, 0.717) is 0 Å². The minimum Gasteiger partial charge on any atom is -0.376 e. The van der Waals surface area contributed by atoms with E-state index in [4.69, 9.17) is 0 Å². The summed E-state index contributed by atoms with van der Waals surface area (Å²) in [7, 11) is 1.44. The summed E-state index contributed by atoms with van der Waals surface area (Å²) in [6, 6.07) is 6.63. The fraction of sp³-hybridized carbons (Fsp3) is 0.182. The molecule has 0 spiro atoms. The summed E-state index contributed by atoms with van der Waals surface area (Å²) in [5.74, 6) is -0.422. The highest BCUT2D eigenvalue weighted by molar-refractivity contribution is 5.96. The molecule has 104 valence electrons. The maximum absolute atomic E-state index is 11.4. The van der Waals surface area contributed by atoms with Gasteiger partial charge in [-0.2, -0.15) is 0 Å². The Morgan fingerprint density at radius 2 is 2.00 bits per heavy atom. The number of imide groups is 1. The molecule has 9 nitrogen and oxygen atoms in total. The number of carbonyl (C=O) groups is 2. The Balaban J connectivity index is 1.88. The lowest BCUT2D eigenvalue weighted by atomic mass is 10.3. The average molecular weight is 275 g/mol. The van der Waals surface area contributed by atoms with Crippen LogP contribution in [-0.4, -0.2) is 45.7 Å². The number of anilines is 1. The molecule has 0 bridgehead atoms. The average Bonchev–Trinajstić information content (AvgIpc) is 2.99. The first kappa shape index (κ1) is 13.5. The number of tetrazole rings is 1. The van der Waals surface area contributed by atoms with Gasteiger partial charge < -0.3 is 10.6 Å². The van der Waals surface area contributed by atoms with Gasteiger partial charge in [-0.15, -0.1) is 5.10 Å². The summed E-state index contributed by atoms with van der Waals surface area (Å²) in [5, 5.41) is 18.2. The van der Waals surface area contributed by atoms with Gasteiger partial charge in [0.05, 0.1) is 12.2 Å². The standard InChI is InChI=1S/C11H13N7O2/c1-12-11(20)15-10(19)6-13-8-2-4-9(5-3-8)18-7-14-16-17-18/h2-5,7,13H,6H2,1H3,(H2,12,15,19,20). The topological polar surface area (TPSA) is 114 Å². The minimum absolute atomic E-state index is 0.00233. The summed E-state index contributed by atoms with van der Waals surface area (Å²) in [5.41, 5.74) is 1.55. The van der Waals surface area contributed by atoms with Crippen LogP contribution in [0, 0.1) is 0 Å². The molecule has 0 aliphatic carbocycles. The van der Waals surface area contributed by atoms with Crippen LogP contribution in [0.15, 0.2) is 30.6 Å². The van der Waals surface area contributed by atoms with E-state index in [1.807, 2.05) is 0 Å². The first-order valence-corrected chi connectivity index (χ1v) is 5.78. The fourth-order valence-electron chi connectivity index (χ4n) is 1.43. The number of benzene rings is 1. The Kier molecular flexibility index (Phi) is 4.22. The molecule has 0 atom stereocenters. The molecule has 1 aromatic heterocycles. The van der Waals surface area contributed by atoms with Gasteiger partial charge in [-0.3, -0.25) is 10.1 Å². The number of hydrogen-bond donors (Lipinski definition) is 3. The van der Waals surface area contributed by atoms with Gasteiger partial charge in [0.15, 0.2) is 0 Å². The minimum atomic E-state index is -0.536. The Bertz CT molecular complexity index is 579.